The number of hydrogen-bond donors (Lipinski definition) is 0. The summed E-state index contributed by atoms with van der Waals surface area (Å²) in [6.07, 6.45) is -6.21. The molecule has 0 atom stereocenters. The van der Waals surface area contributed by atoms with E-state index in [1.54, 1.807) is 0 Å². The summed E-state index contributed by atoms with van der Waals surface area (Å²) in [5, 5.41) is 0. The molecule has 0 saturated carbocycles. The lowest BCUT2D eigenvalue weighted by Crippen LogP contribution is -2.12. The first kappa shape index (κ1) is 2.91. The third-order valence-corrected chi connectivity index (χ3v) is 1.21. The molecule has 0 rings (SSSR count). The Kier molecular flexibility index (Phi) is 0.740. The minimum Gasteiger partial charge on any atom is -0.250 e. The van der Waals surface area contributed by atoms with E-state index < -0.39 is 27.6 Å². The first-order chi connectivity index (χ1) is 6.21. The first-order valence-electron chi connectivity index (χ1n) is 5.48. The lowest BCUT2D eigenvalue weighted by Gasteiger charge is -2.11. The minimum atomic E-state index is -4.25. The summed E-state index contributed by atoms with van der Waals surface area (Å²) in [7, 11) is -4.25. The van der Waals surface area contributed by atoms with Crippen LogP contribution in [0.25, 0.3) is 0 Å². The predicted octanol–water partition coefficient (Wildman–Crippen LogP) is 1.51. The second-order valence-corrected chi connectivity index (χ2v) is 4.02. The molecule has 0 radical (unpaired) electrons. The van der Waals surface area contributed by atoms with E-state index in [1.165, 1.54) is 20.8 Å². The monoisotopic (exact) mass is 155 g/mol. The van der Waals surface area contributed by atoms with E-state index in [0.29, 0.717) is 0 Å². The van der Waals surface area contributed by atoms with Crippen molar-refractivity contribution in [1.82, 2.24) is 0 Å². The molecular formula is C6H15NOS. The Morgan fingerprint density at radius 3 is 2.00 bits per heavy atom. The van der Waals surface area contributed by atoms with E-state index in [2.05, 4.69) is 4.36 Å². The third-order valence-electron chi connectivity index (χ3n) is 0.402. The fourth-order valence-corrected chi connectivity index (χ4v) is 1.16. The van der Waals surface area contributed by atoms with Crippen molar-refractivity contribution in [3.8, 4) is 0 Å². The summed E-state index contributed by atoms with van der Waals surface area (Å²) in [4.78, 5) is 0. The lowest BCUT2D eigenvalue weighted by atomic mass is 10.1. The Bertz CT molecular complexity index is 320. The van der Waals surface area contributed by atoms with Gasteiger partial charge < -0.3 is 0 Å². The van der Waals surface area contributed by atoms with E-state index in [-0.39, 0.29) is 0 Å². The van der Waals surface area contributed by atoms with Gasteiger partial charge >= 0.3 is 0 Å². The fourth-order valence-electron chi connectivity index (χ4n) is 0.386. The highest BCUT2D eigenvalue weighted by molar-refractivity contribution is 7.92. The van der Waals surface area contributed by atoms with Crippen LogP contribution >= 0.6 is 0 Å². The summed E-state index contributed by atoms with van der Waals surface area (Å²) in [5.41, 5.74) is -0.972. The molecule has 0 aromatic carbocycles. The van der Waals surface area contributed by atoms with Crippen LogP contribution in [0.2, 0.25) is 0 Å². The summed E-state index contributed by atoms with van der Waals surface area (Å²) < 4.78 is 57.6. The van der Waals surface area contributed by atoms with Crippen molar-refractivity contribution >= 4 is 9.73 Å². The molecule has 0 spiro atoms. The van der Waals surface area contributed by atoms with Gasteiger partial charge in [-0.25, -0.2) is 4.36 Å². The van der Waals surface area contributed by atoms with Gasteiger partial charge in [0.15, 0.2) is 0 Å². The predicted molar refractivity (Wildman–Crippen MR) is 42.2 cm³/mol. The highest BCUT2D eigenvalue weighted by Crippen LogP contribution is 2.08. The number of hydrogen-bond acceptors (Lipinski definition) is 2. The quantitative estimate of drug-likeness (QED) is 0.521. The molecule has 0 aromatic heterocycles. The zero-order chi connectivity index (χ0) is 12.7. The summed E-state index contributed by atoms with van der Waals surface area (Å²) in [6, 6.07) is 0. The minimum absolute atomic E-state index is 0.972. The molecule has 2 nitrogen and oxygen atoms in total. The van der Waals surface area contributed by atoms with Crippen LogP contribution in [0.1, 0.15) is 29.0 Å². The van der Waals surface area contributed by atoms with Crippen molar-refractivity contribution in [1.29, 1.82) is 0 Å². The van der Waals surface area contributed by atoms with Gasteiger partial charge in [-0.15, -0.1) is 0 Å². The molecule has 0 saturated heterocycles. The average molecular weight is 155 g/mol. The molecule has 0 unspecified atom stereocenters. The third kappa shape index (κ3) is 7.95. The zero-order valence-corrected chi connectivity index (χ0v) is 6.58. The van der Waals surface area contributed by atoms with Gasteiger partial charge in [-0.2, -0.15) is 0 Å². The topological polar surface area (TPSA) is 29.4 Å². The fraction of sp³-hybridized carbons (Fsp3) is 1.00. The Morgan fingerprint density at radius 2 is 1.89 bits per heavy atom. The molecule has 0 fully saturated rings. The van der Waals surface area contributed by atoms with Crippen LogP contribution in [0, 0.1) is 0 Å². The molecule has 9 heavy (non-hydrogen) atoms. The van der Waals surface area contributed by atoms with Crippen LogP contribution in [-0.2, 0) is 9.73 Å². The Balaban J connectivity index is 5.91. The highest BCUT2D eigenvalue weighted by Gasteiger charge is 2.07. The van der Waals surface area contributed by atoms with E-state index in [4.69, 9.17) is 8.22 Å². The van der Waals surface area contributed by atoms with Gasteiger partial charge in [0.2, 0.25) is 0 Å². The highest BCUT2D eigenvalue weighted by atomic mass is 32.2. The second-order valence-electron chi connectivity index (χ2n) is 2.79. The van der Waals surface area contributed by atoms with Crippen LogP contribution in [0.5, 0.6) is 0 Å². The maximum absolute atomic E-state index is 12.0. The van der Waals surface area contributed by atoms with Crippen LogP contribution in [0.4, 0.5) is 0 Å². The first-order valence-corrected chi connectivity index (χ1v) is 4.00. The molecule has 0 N–H and O–H groups in total. The molecule has 56 valence electrons. The van der Waals surface area contributed by atoms with Crippen LogP contribution < -0.4 is 0 Å². The molecule has 0 heterocycles. The van der Waals surface area contributed by atoms with Gasteiger partial charge in [-0.3, -0.25) is 4.21 Å². The van der Waals surface area contributed by atoms with E-state index >= 15 is 0 Å². The summed E-state index contributed by atoms with van der Waals surface area (Å²) >= 11 is 0. The van der Waals surface area contributed by atoms with Crippen LogP contribution in [0.3, 0.4) is 0 Å². The Hall–Kier alpha value is -0.0500. The molecular weight excluding hydrogens is 134 g/mol. The van der Waals surface area contributed by atoms with Crippen molar-refractivity contribution in [3.63, 3.8) is 0 Å². The zero-order valence-electron chi connectivity index (χ0n) is 11.8. The molecule has 0 aliphatic carbocycles. The van der Waals surface area contributed by atoms with Gasteiger partial charge in [0.05, 0.1) is 5.54 Å². The molecule has 0 amide bonds. The van der Waals surface area contributed by atoms with Gasteiger partial charge in [-0.05, 0) is 20.8 Å². The van der Waals surface area contributed by atoms with Crippen LogP contribution in [-0.4, -0.2) is 22.1 Å². The van der Waals surface area contributed by atoms with Crippen molar-refractivity contribution in [3.05, 3.63) is 0 Å². The van der Waals surface area contributed by atoms with Crippen LogP contribution in [0.15, 0.2) is 4.36 Å². The smallest absolute Gasteiger partial charge is 0.0618 e. The van der Waals surface area contributed by atoms with Crippen molar-refractivity contribution in [2.24, 2.45) is 4.36 Å². The van der Waals surface area contributed by atoms with Gasteiger partial charge in [0, 0.05) is 30.3 Å². The lowest BCUT2D eigenvalue weighted by molar-refractivity contribution is 0.583. The molecule has 0 aliphatic heterocycles. The standard InChI is InChI=1S/C6H15NOS/c1-6(2,3)7-9(4,5)8/h1-5H3/i4D3,5D3. The van der Waals surface area contributed by atoms with E-state index in [1.807, 2.05) is 0 Å². The van der Waals surface area contributed by atoms with Crippen molar-refractivity contribution < 1.29 is 12.4 Å². The maximum Gasteiger partial charge on any atom is 0.0618 e. The second kappa shape index (κ2) is 2.29. The number of rotatable bonds is 0. The van der Waals surface area contributed by atoms with Crippen molar-refractivity contribution in [2.75, 3.05) is 12.4 Å². The van der Waals surface area contributed by atoms with Gasteiger partial charge in [0.25, 0.3) is 0 Å². The number of nitrogens with zero attached hydrogens (tertiary/aromatic N) is 1. The SMILES string of the molecule is [2H]C([2H])([2H])S(=O)(=NC(C)(C)C)C([2H])([2H])[2H]. The molecule has 3 heteroatoms. The maximum atomic E-state index is 12.0. The largest absolute Gasteiger partial charge is 0.250 e. The molecule has 0 aromatic rings. The Morgan fingerprint density at radius 1 is 1.44 bits per heavy atom. The van der Waals surface area contributed by atoms with E-state index in [9.17, 15) is 4.21 Å². The van der Waals surface area contributed by atoms with Crippen molar-refractivity contribution in [2.45, 2.75) is 26.3 Å². The normalized spacial score (nSPS) is 26.1. The summed E-state index contributed by atoms with van der Waals surface area (Å²) in [5.74, 6) is 0. The van der Waals surface area contributed by atoms with Gasteiger partial charge in [-0.1, -0.05) is 0 Å². The Labute approximate surface area is 66.3 Å². The van der Waals surface area contributed by atoms with E-state index in [0.717, 1.165) is 0 Å². The summed E-state index contributed by atoms with van der Waals surface area (Å²) in [6.45, 7) is 4.51. The average Bonchev–Trinajstić information content (AvgIpc) is 1.77. The van der Waals surface area contributed by atoms with Gasteiger partial charge in [0.1, 0.15) is 0 Å². The molecule has 0 bridgehead atoms. The molecule has 0 aliphatic rings.